The van der Waals surface area contributed by atoms with Crippen LogP contribution >= 0.6 is 0 Å². The molecule has 6 heteroatoms. The zero-order chi connectivity index (χ0) is 12.8. The zero-order valence-electron chi connectivity index (χ0n) is 9.30. The summed E-state index contributed by atoms with van der Waals surface area (Å²) in [6.45, 7) is 0. The van der Waals surface area contributed by atoms with E-state index in [-0.39, 0.29) is 23.6 Å². The first-order valence-electron chi connectivity index (χ1n) is 4.97. The molecule has 1 rings (SSSR count). The molecule has 1 atom stereocenters. The van der Waals surface area contributed by atoms with Gasteiger partial charge in [-0.15, -0.1) is 0 Å². The van der Waals surface area contributed by atoms with Gasteiger partial charge in [0.1, 0.15) is 0 Å². The smallest absolute Gasteiger partial charge is 0.335 e. The Morgan fingerprint density at radius 1 is 1.29 bits per heavy atom. The number of amides is 1. The predicted molar refractivity (Wildman–Crippen MR) is 63.4 cm³/mol. The van der Waals surface area contributed by atoms with E-state index in [9.17, 15) is 13.8 Å². The molecule has 0 aromatic heterocycles. The third-order valence-electron chi connectivity index (χ3n) is 2.16. The molecule has 17 heavy (non-hydrogen) atoms. The largest absolute Gasteiger partial charge is 0.478 e. The van der Waals surface area contributed by atoms with Gasteiger partial charge in [-0.25, -0.2) is 4.79 Å². The number of hydrogen-bond donors (Lipinski definition) is 2. The molecule has 92 valence electrons. The van der Waals surface area contributed by atoms with Crippen LogP contribution in [0.2, 0.25) is 0 Å². The molecule has 0 aliphatic carbocycles. The molecular weight excluding hydrogens is 242 g/mol. The lowest BCUT2D eigenvalue weighted by Gasteiger charge is -2.02. The van der Waals surface area contributed by atoms with Crippen molar-refractivity contribution in [2.45, 2.75) is 11.3 Å². The van der Waals surface area contributed by atoms with Crippen LogP contribution in [0, 0.1) is 0 Å². The third-order valence-corrected chi connectivity index (χ3v) is 3.53. The first-order valence-corrected chi connectivity index (χ1v) is 6.29. The summed E-state index contributed by atoms with van der Waals surface area (Å²) in [6.07, 6.45) is 0.184. The van der Waals surface area contributed by atoms with Gasteiger partial charge in [0.05, 0.1) is 16.4 Å². The lowest BCUT2D eigenvalue weighted by Crippen LogP contribution is -2.19. The maximum Gasteiger partial charge on any atom is 0.335 e. The summed E-state index contributed by atoms with van der Waals surface area (Å²) in [6, 6.07) is 5.80. The van der Waals surface area contributed by atoms with E-state index in [1.807, 2.05) is 0 Å². The first kappa shape index (κ1) is 13.4. The minimum absolute atomic E-state index is 0.150. The highest BCUT2D eigenvalue weighted by Crippen LogP contribution is 2.09. The van der Waals surface area contributed by atoms with Gasteiger partial charge < -0.3 is 10.4 Å². The van der Waals surface area contributed by atoms with Crippen molar-refractivity contribution in [3.05, 3.63) is 29.8 Å². The highest BCUT2D eigenvalue weighted by Gasteiger charge is 2.08. The van der Waals surface area contributed by atoms with Gasteiger partial charge in [0.25, 0.3) is 0 Å². The molecule has 1 aromatic rings. The Morgan fingerprint density at radius 2 is 1.88 bits per heavy atom. The van der Waals surface area contributed by atoms with Gasteiger partial charge in [-0.3, -0.25) is 9.00 Å². The van der Waals surface area contributed by atoms with Crippen LogP contribution in [0.5, 0.6) is 0 Å². The van der Waals surface area contributed by atoms with Gasteiger partial charge in [0.2, 0.25) is 5.91 Å². The molecule has 0 saturated carbocycles. The van der Waals surface area contributed by atoms with Gasteiger partial charge in [0, 0.05) is 24.1 Å². The zero-order valence-corrected chi connectivity index (χ0v) is 10.1. The van der Waals surface area contributed by atoms with Crippen molar-refractivity contribution >= 4 is 22.7 Å². The molecule has 2 N–H and O–H groups in total. The quantitative estimate of drug-likeness (QED) is 0.808. The lowest BCUT2D eigenvalue weighted by atomic mass is 10.2. The normalized spacial score (nSPS) is 11.8. The molecule has 0 saturated heterocycles. The number of nitrogens with one attached hydrogen (secondary N) is 1. The number of carboxylic acids is 1. The Kier molecular flexibility index (Phi) is 4.84. The molecule has 0 bridgehead atoms. The molecule has 0 aliphatic rings. The van der Waals surface area contributed by atoms with Crippen molar-refractivity contribution in [1.82, 2.24) is 5.32 Å². The lowest BCUT2D eigenvalue weighted by molar-refractivity contribution is -0.120. The Morgan fingerprint density at radius 3 is 2.35 bits per heavy atom. The summed E-state index contributed by atoms with van der Waals surface area (Å²) in [5.41, 5.74) is 0.150. The van der Waals surface area contributed by atoms with E-state index < -0.39 is 16.8 Å². The fraction of sp³-hybridized carbons (Fsp3) is 0.273. The van der Waals surface area contributed by atoms with Crippen molar-refractivity contribution in [3.63, 3.8) is 0 Å². The fourth-order valence-corrected chi connectivity index (χ4v) is 2.22. The van der Waals surface area contributed by atoms with Crippen LogP contribution in [0.3, 0.4) is 0 Å². The van der Waals surface area contributed by atoms with E-state index in [1.165, 1.54) is 31.3 Å². The second kappa shape index (κ2) is 6.15. The van der Waals surface area contributed by atoms with Crippen molar-refractivity contribution in [1.29, 1.82) is 0 Å². The number of carboxylic acid groups (broad SMARTS) is 1. The van der Waals surface area contributed by atoms with Gasteiger partial charge in [-0.1, -0.05) is 0 Å². The molecule has 0 spiro atoms. The van der Waals surface area contributed by atoms with Crippen LogP contribution in [0.1, 0.15) is 16.8 Å². The summed E-state index contributed by atoms with van der Waals surface area (Å²) < 4.78 is 11.7. The molecule has 0 radical (unpaired) electrons. The number of carbonyl (C=O) groups excluding carboxylic acids is 1. The minimum atomic E-state index is -1.28. The number of benzene rings is 1. The number of aromatic carboxylic acids is 1. The second-order valence-corrected chi connectivity index (χ2v) is 4.87. The SMILES string of the molecule is CNC(=O)CCS(=O)c1ccc(C(=O)O)cc1. The van der Waals surface area contributed by atoms with Crippen LogP contribution in [0.25, 0.3) is 0 Å². The fourth-order valence-electron chi connectivity index (χ4n) is 1.18. The highest BCUT2D eigenvalue weighted by molar-refractivity contribution is 7.85. The minimum Gasteiger partial charge on any atom is -0.478 e. The summed E-state index contributed by atoms with van der Waals surface area (Å²) in [5.74, 6) is -0.959. The maximum atomic E-state index is 11.7. The van der Waals surface area contributed by atoms with Gasteiger partial charge in [-0.05, 0) is 24.3 Å². The van der Waals surface area contributed by atoms with Gasteiger partial charge in [-0.2, -0.15) is 0 Å². The van der Waals surface area contributed by atoms with E-state index in [2.05, 4.69) is 5.32 Å². The van der Waals surface area contributed by atoms with Crippen molar-refractivity contribution < 1.29 is 18.9 Å². The van der Waals surface area contributed by atoms with Crippen molar-refractivity contribution in [2.75, 3.05) is 12.8 Å². The highest BCUT2D eigenvalue weighted by atomic mass is 32.2. The number of rotatable bonds is 5. The summed E-state index contributed by atoms with van der Waals surface area (Å²) in [5, 5.41) is 11.1. The molecule has 0 heterocycles. The number of hydrogen-bond acceptors (Lipinski definition) is 3. The van der Waals surface area contributed by atoms with E-state index in [0.29, 0.717) is 4.90 Å². The van der Waals surface area contributed by atoms with Crippen molar-refractivity contribution in [3.8, 4) is 0 Å². The van der Waals surface area contributed by atoms with E-state index in [4.69, 9.17) is 5.11 Å². The molecule has 5 nitrogen and oxygen atoms in total. The van der Waals surface area contributed by atoms with E-state index in [0.717, 1.165) is 0 Å². The van der Waals surface area contributed by atoms with Crippen LogP contribution in [0.15, 0.2) is 29.2 Å². The Labute approximate surface area is 101 Å². The second-order valence-electron chi connectivity index (χ2n) is 3.30. The number of carbonyl (C=O) groups is 2. The van der Waals surface area contributed by atoms with Crippen LogP contribution in [-0.2, 0) is 15.6 Å². The van der Waals surface area contributed by atoms with Crippen molar-refractivity contribution in [2.24, 2.45) is 0 Å². The summed E-state index contributed by atoms with van der Waals surface area (Å²) >= 11 is 0. The molecule has 1 unspecified atom stereocenters. The predicted octanol–water partition coefficient (Wildman–Crippen LogP) is 0.628. The summed E-state index contributed by atoms with van der Waals surface area (Å²) in [7, 11) is 0.240. The average molecular weight is 255 g/mol. The standard InChI is InChI=1S/C11H13NO4S/c1-12-10(13)6-7-17(16)9-4-2-8(3-5-9)11(14)15/h2-5H,6-7H2,1H3,(H,12,13)(H,14,15). The Hall–Kier alpha value is -1.69. The molecule has 1 amide bonds. The monoisotopic (exact) mass is 255 g/mol. The molecule has 1 aromatic carbocycles. The van der Waals surface area contributed by atoms with Gasteiger partial charge >= 0.3 is 5.97 Å². The first-order chi connectivity index (χ1) is 8.04. The van der Waals surface area contributed by atoms with Gasteiger partial charge in [0.15, 0.2) is 0 Å². The Bertz CT molecular complexity index is 441. The molecular formula is C11H13NO4S. The average Bonchev–Trinajstić information content (AvgIpc) is 2.35. The Balaban J connectivity index is 2.64. The van der Waals surface area contributed by atoms with Crippen LogP contribution in [0.4, 0.5) is 0 Å². The van der Waals surface area contributed by atoms with Crippen LogP contribution < -0.4 is 5.32 Å². The topological polar surface area (TPSA) is 83.5 Å². The van der Waals surface area contributed by atoms with Crippen LogP contribution in [-0.4, -0.2) is 34.0 Å². The molecule has 0 fully saturated rings. The third kappa shape index (κ3) is 3.99. The maximum absolute atomic E-state index is 11.7. The van der Waals surface area contributed by atoms with E-state index >= 15 is 0 Å². The summed E-state index contributed by atoms with van der Waals surface area (Å²) in [4.78, 5) is 22.1. The van der Waals surface area contributed by atoms with E-state index in [1.54, 1.807) is 0 Å². The molecule has 0 aliphatic heterocycles.